The number of ether oxygens (including phenoxy) is 2. The van der Waals surface area contributed by atoms with E-state index in [1.54, 1.807) is 23.8 Å². The average Bonchev–Trinajstić information content (AvgIpc) is 3.80. The molecular formula is C35H46N6O4. The third-order valence-corrected chi connectivity index (χ3v) is 9.20. The van der Waals surface area contributed by atoms with Crippen LogP contribution in [0.1, 0.15) is 51.5 Å². The lowest BCUT2D eigenvalue weighted by Gasteiger charge is -2.42. The van der Waals surface area contributed by atoms with E-state index >= 15 is 0 Å². The summed E-state index contributed by atoms with van der Waals surface area (Å²) in [4.78, 5) is 37.6. The molecular weight excluding hydrogens is 568 g/mol. The number of piperazine rings is 1. The van der Waals surface area contributed by atoms with Gasteiger partial charge < -0.3 is 24.7 Å². The minimum absolute atomic E-state index is 0.00536. The summed E-state index contributed by atoms with van der Waals surface area (Å²) in [5.41, 5.74) is 2.15. The molecule has 0 radical (unpaired) electrons. The van der Waals surface area contributed by atoms with E-state index in [2.05, 4.69) is 29.2 Å². The quantitative estimate of drug-likeness (QED) is 0.380. The average molecular weight is 615 g/mol. The number of aromatic nitrogens is 2. The summed E-state index contributed by atoms with van der Waals surface area (Å²) >= 11 is 0. The van der Waals surface area contributed by atoms with E-state index < -0.39 is 11.6 Å². The van der Waals surface area contributed by atoms with Crippen molar-refractivity contribution in [3.8, 4) is 0 Å². The van der Waals surface area contributed by atoms with Crippen molar-refractivity contribution in [2.45, 2.75) is 58.7 Å². The maximum absolute atomic E-state index is 14.4. The number of amides is 2. The van der Waals surface area contributed by atoms with E-state index in [1.165, 1.54) is 0 Å². The lowest BCUT2D eigenvalue weighted by molar-refractivity contribution is 0.0620. The number of allylic oxidation sites excluding steroid dienone is 2. The number of benzene rings is 2. The summed E-state index contributed by atoms with van der Waals surface area (Å²) in [6, 6.07) is 14.4. The minimum atomic E-state index is -0.720. The maximum atomic E-state index is 14.4. The topological polar surface area (TPSA) is 92.2 Å². The Morgan fingerprint density at radius 1 is 1.11 bits per heavy atom. The van der Waals surface area contributed by atoms with Gasteiger partial charge in [0.15, 0.2) is 5.82 Å². The first-order valence-corrected chi connectivity index (χ1v) is 15.8. The second-order valence-corrected chi connectivity index (χ2v) is 11.9. The molecule has 240 valence electrons. The monoisotopic (exact) mass is 614 g/mol. The van der Waals surface area contributed by atoms with Gasteiger partial charge in [-0.3, -0.25) is 9.69 Å². The summed E-state index contributed by atoms with van der Waals surface area (Å²) < 4.78 is 13.5. The Labute approximate surface area is 265 Å². The number of para-hydroxylation sites is 1. The maximum Gasteiger partial charge on any atom is 0.326 e. The Hall–Kier alpha value is -4.15. The molecule has 6 rings (SSSR count). The smallest absolute Gasteiger partial charge is 0.326 e. The van der Waals surface area contributed by atoms with E-state index in [0.29, 0.717) is 47.6 Å². The summed E-state index contributed by atoms with van der Waals surface area (Å²) in [5.74, 6) is 1.31. The molecule has 2 heterocycles. The number of carbonyl (C=O) groups is 1. The van der Waals surface area contributed by atoms with Crippen molar-refractivity contribution in [3.05, 3.63) is 93.9 Å². The first kappa shape index (κ1) is 32.2. The number of urea groups is 1. The molecule has 10 heteroatoms. The molecule has 4 unspecified atom stereocenters. The van der Waals surface area contributed by atoms with Crippen LogP contribution in [-0.4, -0.2) is 78.0 Å². The summed E-state index contributed by atoms with van der Waals surface area (Å²) in [6.45, 7) is 12.2. The van der Waals surface area contributed by atoms with Crippen molar-refractivity contribution >= 4 is 22.6 Å². The van der Waals surface area contributed by atoms with Crippen molar-refractivity contribution < 1.29 is 14.3 Å². The highest BCUT2D eigenvalue weighted by Gasteiger charge is 2.64. The zero-order valence-electron chi connectivity index (χ0n) is 27.7. The lowest BCUT2D eigenvalue weighted by Crippen LogP contribution is -2.58. The summed E-state index contributed by atoms with van der Waals surface area (Å²) in [5, 5.41) is 5.71. The van der Waals surface area contributed by atoms with Gasteiger partial charge in [-0.2, -0.15) is 0 Å². The molecule has 10 nitrogen and oxygen atoms in total. The molecule has 0 spiro atoms. The molecule has 2 amide bonds. The van der Waals surface area contributed by atoms with E-state index in [9.17, 15) is 9.59 Å². The second kappa shape index (κ2) is 13.1. The molecule has 0 bridgehead atoms. The number of hydrogen-bond acceptors (Lipinski definition) is 7. The van der Waals surface area contributed by atoms with Crippen molar-refractivity contribution in [2.24, 2.45) is 5.92 Å². The number of anilines is 1. The van der Waals surface area contributed by atoms with Gasteiger partial charge in [0, 0.05) is 38.5 Å². The molecule has 4 atom stereocenters. The predicted octanol–water partition coefficient (Wildman–Crippen LogP) is 5.43. The zero-order valence-corrected chi connectivity index (χ0v) is 27.7. The van der Waals surface area contributed by atoms with E-state index in [4.69, 9.17) is 14.5 Å². The van der Waals surface area contributed by atoms with E-state index in [0.717, 1.165) is 17.9 Å². The third kappa shape index (κ3) is 5.84. The first-order chi connectivity index (χ1) is 21.7. The molecule has 1 saturated heterocycles. The highest BCUT2D eigenvalue weighted by molar-refractivity contribution is 5.91. The van der Waals surface area contributed by atoms with Crippen LogP contribution in [0, 0.1) is 12.8 Å². The molecule has 1 saturated carbocycles. The van der Waals surface area contributed by atoms with Crippen LogP contribution in [0.15, 0.2) is 76.9 Å². The molecule has 1 aromatic heterocycles. The van der Waals surface area contributed by atoms with Crippen LogP contribution < -0.4 is 15.9 Å². The largest absolute Gasteiger partial charge is 0.501 e. The van der Waals surface area contributed by atoms with Gasteiger partial charge in [-0.25, -0.2) is 14.5 Å². The number of rotatable bonds is 7. The van der Waals surface area contributed by atoms with Crippen molar-refractivity contribution in [1.82, 2.24) is 19.5 Å². The second-order valence-electron chi connectivity index (χ2n) is 11.9. The lowest BCUT2D eigenvalue weighted by atomic mass is 10.0. The number of nitrogens with zero attached hydrogens (tertiary/aromatic N) is 5. The van der Waals surface area contributed by atoms with Crippen LogP contribution in [0.25, 0.3) is 10.9 Å². The van der Waals surface area contributed by atoms with E-state index in [1.807, 2.05) is 88.4 Å². The molecule has 45 heavy (non-hydrogen) atoms. The Morgan fingerprint density at radius 2 is 1.87 bits per heavy atom. The Bertz CT molecular complexity index is 1680. The molecule has 1 aliphatic heterocycles. The van der Waals surface area contributed by atoms with Gasteiger partial charge >= 0.3 is 6.03 Å². The molecule has 2 fully saturated rings. The van der Waals surface area contributed by atoms with Crippen molar-refractivity contribution in [2.75, 3.05) is 51.2 Å². The number of hydrogen-bond donors (Lipinski definition) is 1. The fourth-order valence-electron chi connectivity index (χ4n) is 6.51. The van der Waals surface area contributed by atoms with E-state index in [-0.39, 0.29) is 23.6 Å². The molecule has 2 aromatic carbocycles. The minimum Gasteiger partial charge on any atom is -0.501 e. The molecule has 2 aliphatic carbocycles. The number of fused-ring (bicyclic) bond motifs is 2. The van der Waals surface area contributed by atoms with Crippen LogP contribution in [0.3, 0.4) is 0 Å². The highest BCUT2D eigenvalue weighted by Crippen LogP contribution is 2.59. The van der Waals surface area contributed by atoms with Crippen LogP contribution in [0.2, 0.25) is 0 Å². The summed E-state index contributed by atoms with van der Waals surface area (Å²) in [6.07, 6.45) is 4.50. The van der Waals surface area contributed by atoms with Crippen LogP contribution in [0.4, 0.5) is 10.5 Å². The number of carbonyl (C=O) groups excluding carboxylic acids is 1. The van der Waals surface area contributed by atoms with Gasteiger partial charge in [-0.1, -0.05) is 38.1 Å². The van der Waals surface area contributed by atoms with Gasteiger partial charge in [-0.15, -0.1) is 0 Å². The Morgan fingerprint density at radius 3 is 2.56 bits per heavy atom. The van der Waals surface area contributed by atoms with Crippen molar-refractivity contribution in [3.63, 3.8) is 0 Å². The van der Waals surface area contributed by atoms with Gasteiger partial charge in [0.25, 0.3) is 5.56 Å². The fraction of sp³-hybridized carbons (Fsp3) is 0.457. The Kier molecular flexibility index (Phi) is 9.36. The molecule has 1 N–H and O–H groups in total. The fourth-order valence-corrected chi connectivity index (χ4v) is 6.51. The van der Waals surface area contributed by atoms with Crippen LogP contribution in [0.5, 0.6) is 0 Å². The third-order valence-electron chi connectivity index (χ3n) is 9.20. The number of aryl methyl sites for hydroxylation is 1. The van der Waals surface area contributed by atoms with Gasteiger partial charge in [0.1, 0.15) is 11.4 Å². The SMILES string of the molecule is CC.COC1=CC=C(N(C(=O)Nc2cccc(C)c2)C(C)c2nc3ccccc3c(=O)n2N2CCN(C)C(C)C2)C2(OC)CC12. The van der Waals surface area contributed by atoms with Gasteiger partial charge in [0.2, 0.25) is 0 Å². The zero-order chi connectivity index (χ0) is 32.5. The highest BCUT2D eigenvalue weighted by atomic mass is 16.5. The van der Waals surface area contributed by atoms with Gasteiger partial charge in [-0.05, 0) is 76.2 Å². The first-order valence-electron chi connectivity index (χ1n) is 15.8. The van der Waals surface area contributed by atoms with Crippen molar-refractivity contribution in [1.29, 1.82) is 0 Å². The molecule has 3 aromatic rings. The van der Waals surface area contributed by atoms with Crippen LogP contribution >= 0.6 is 0 Å². The number of methoxy groups -OCH3 is 2. The Balaban J connectivity index is 0.00000196. The normalized spacial score (nSPS) is 23.2. The van der Waals surface area contributed by atoms with Gasteiger partial charge in [0.05, 0.1) is 35.7 Å². The standard InChI is InChI=1S/C33H40N6O4.C2H6/c1-21-10-9-11-24(18-21)34-32(41)38(29-15-14-28(42-5)26-19-33(26,29)43-6)23(3)30-35-27-13-8-7-12-25(27)31(40)39(30)37-17-16-36(4)22(2)20-37;1-2/h7-15,18,22-23,26H,16-17,19-20H2,1-6H3,(H,34,41);1-2H3. The number of nitrogens with one attached hydrogen (secondary N) is 1. The predicted molar refractivity (Wildman–Crippen MR) is 179 cm³/mol. The molecule has 3 aliphatic rings. The summed E-state index contributed by atoms with van der Waals surface area (Å²) in [7, 11) is 5.42. The van der Waals surface area contributed by atoms with Crippen LogP contribution in [-0.2, 0) is 9.47 Å². The number of likely N-dealkylation sites (N-methyl/N-ethyl adjacent to an activating group) is 1.